The quantitative estimate of drug-likeness (QED) is 0.799. The molecule has 2 aliphatic rings. The average Bonchev–Trinajstić information content (AvgIpc) is 2.72. The van der Waals surface area contributed by atoms with Crippen LogP contribution in [0.5, 0.6) is 0 Å². The number of benzene rings is 1. The molecule has 1 spiro atoms. The van der Waals surface area contributed by atoms with Crippen LogP contribution in [-0.2, 0) is 22.6 Å². The molecule has 2 aliphatic heterocycles. The van der Waals surface area contributed by atoms with Crippen molar-refractivity contribution in [1.29, 1.82) is 0 Å². The van der Waals surface area contributed by atoms with E-state index < -0.39 is 0 Å². The third kappa shape index (κ3) is 4.63. The Bertz CT molecular complexity index is 879. The molecule has 0 N–H and O–H groups in total. The highest BCUT2D eigenvalue weighted by Crippen LogP contribution is 2.42. The summed E-state index contributed by atoms with van der Waals surface area (Å²) < 4.78 is 13.3. The molecule has 1 aromatic carbocycles. The molecule has 0 aliphatic carbocycles. The number of hydrogen-bond donors (Lipinski definition) is 0. The summed E-state index contributed by atoms with van der Waals surface area (Å²) in [7, 11) is 0. The monoisotopic (exact) mass is 395 g/mol. The molecule has 0 bridgehead atoms. The van der Waals surface area contributed by atoms with Crippen LogP contribution in [0.1, 0.15) is 36.8 Å². The van der Waals surface area contributed by atoms with Crippen LogP contribution < -0.4 is 0 Å². The molecule has 0 atom stereocenters. The number of carbonyl (C=O) groups is 2. The van der Waals surface area contributed by atoms with E-state index in [2.05, 4.69) is 4.98 Å². The number of halogens is 1. The van der Waals surface area contributed by atoms with Gasteiger partial charge in [-0.3, -0.25) is 14.6 Å². The van der Waals surface area contributed by atoms with Gasteiger partial charge in [-0.25, -0.2) is 4.39 Å². The van der Waals surface area contributed by atoms with E-state index in [0.29, 0.717) is 31.6 Å². The highest BCUT2D eigenvalue weighted by Gasteiger charge is 2.41. The van der Waals surface area contributed by atoms with Gasteiger partial charge in [0.1, 0.15) is 5.82 Å². The first-order chi connectivity index (χ1) is 14.0. The average molecular weight is 395 g/mol. The van der Waals surface area contributed by atoms with Gasteiger partial charge in [0.15, 0.2) is 0 Å². The second-order valence-corrected chi connectivity index (χ2v) is 8.29. The van der Waals surface area contributed by atoms with Gasteiger partial charge in [-0.05, 0) is 60.1 Å². The molecule has 29 heavy (non-hydrogen) atoms. The SMILES string of the molecule is O=C(Cc1cccc(F)c1)N1CCC2(CC1)CCN(Cc1ccncc1)C(=O)C2. The summed E-state index contributed by atoms with van der Waals surface area (Å²) >= 11 is 0. The molecular weight excluding hydrogens is 369 g/mol. The van der Waals surface area contributed by atoms with E-state index in [9.17, 15) is 14.0 Å². The number of hydrogen-bond acceptors (Lipinski definition) is 3. The van der Waals surface area contributed by atoms with Crippen LogP contribution in [0.25, 0.3) is 0 Å². The first-order valence-electron chi connectivity index (χ1n) is 10.2. The molecule has 2 amide bonds. The number of likely N-dealkylation sites (tertiary alicyclic amines) is 2. The van der Waals surface area contributed by atoms with Crippen LogP contribution in [0.4, 0.5) is 4.39 Å². The van der Waals surface area contributed by atoms with Crippen LogP contribution in [0, 0.1) is 11.2 Å². The molecule has 0 radical (unpaired) electrons. The van der Waals surface area contributed by atoms with E-state index in [4.69, 9.17) is 0 Å². The number of nitrogens with zero attached hydrogens (tertiary/aromatic N) is 3. The number of amides is 2. The Balaban J connectivity index is 1.30. The smallest absolute Gasteiger partial charge is 0.226 e. The lowest BCUT2D eigenvalue weighted by Crippen LogP contribution is -2.50. The van der Waals surface area contributed by atoms with Gasteiger partial charge in [0.25, 0.3) is 0 Å². The molecule has 4 rings (SSSR count). The van der Waals surface area contributed by atoms with Gasteiger partial charge in [-0.15, -0.1) is 0 Å². The Labute approximate surface area is 170 Å². The Morgan fingerprint density at radius 1 is 1.03 bits per heavy atom. The zero-order valence-corrected chi connectivity index (χ0v) is 16.5. The minimum atomic E-state index is -0.315. The minimum Gasteiger partial charge on any atom is -0.342 e. The molecule has 0 saturated carbocycles. The summed E-state index contributed by atoms with van der Waals surface area (Å²) in [4.78, 5) is 33.2. The highest BCUT2D eigenvalue weighted by molar-refractivity contribution is 5.79. The van der Waals surface area contributed by atoms with Crippen molar-refractivity contribution in [2.45, 2.75) is 38.6 Å². The maximum absolute atomic E-state index is 13.3. The predicted octanol–water partition coefficient (Wildman–Crippen LogP) is 3.19. The molecule has 6 heteroatoms. The van der Waals surface area contributed by atoms with Crippen molar-refractivity contribution >= 4 is 11.8 Å². The van der Waals surface area contributed by atoms with Crippen LogP contribution in [0.15, 0.2) is 48.8 Å². The number of carbonyl (C=O) groups excluding carboxylic acids is 2. The normalized spacial score (nSPS) is 18.9. The van der Waals surface area contributed by atoms with Gasteiger partial charge in [-0.2, -0.15) is 0 Å². The first kappa shape index (κ1) is 19.6. The molecule has 0 unspecified atom stereocenters. The number of rotatable bonds is 4. The van der Waals surface area contributed by atoms with E-state index in [0.717, 1.165) is 31.4 Å². The first-order valence-corrected chi connectivity index (χ1v) is 10.2. The molecule has 5 nitrogen and oxygen atoms in total. The Hall–Kier alpha value is -2.76. The molecule has 3 heterocycles. The van der Waals surface area contributed by atoms with Gasteiger partial charge in [-0.1, -0.05) is 12.1 Å². The third-order valence-electron chi connectivity index (χ3n) is 6.33. The lowest BCUT2D eigenvalue weighted by molar-refractivity contribution is -0.142. The van der Waals surface area contributed by atoms with Gasteiger partial charge in [0.05, 0.1) is 6.42 Å². The van der Waals surface area contributed by atoms with Crippen LogP contribution in [0.2, 0.25) is 0 Å². The number of aromatic nitrogens is 1. The largest absolute Gasteiger partial charge is 0.342 e. The molecule has 2 aromatic rings. The van der Waals surface area contributed by atoms with E-state index in [-0.39, 0.29) is 29.5 Å². The summed E-state index contributed by atoms with van der Waals surface area (Å²) in [5.74, 6) is -0.0792. The van der Waals surface area contributed by atoms with Crippen molar-refractivity contribution in [3.8, 4) is 0 Å². The zero-order valence-electron chi connectivity index (χ0n) is 16.5. The van der Waals surface area contributed by atoms with Crippen molar-refractivity contribution in [1.82, 2.24) is 14.8 Å². The summed E-state index contributed by atoms with van der Waals surface area (Å²) in [6.45, 7) is 2.74. The minimum absolute atomic E-state index is 0.0153. The standard InChI is InChI=1S/C23H26FN3O2/c24-20-3-1-2-19(14-20)15-21(28)26-11-6-23(7-12-26)8-13-27(22(29)16-23)17-18-4-9-25-10-5-18/h1-5,9-10,14H,6-8,11-13,15-17H2. The highest BCUT2D eigenvalue weighted by atomic mass is 19.1. The Morgan fingerprint density at radius 2 is 1.76 bits per heavy atom. The van der Waals surface area contributed by atoms with Gasteiger partial charge >= 0.3 is 0 Å². The predicted molar refractivity (Wildman–Crippen MR) is 107 cm³/mol. The van der Waals surface area contributed by atoms with E-state index >= 15 is 0 Å². The van der Waals surface area contributed by atoms with E-state index in [1.54, 1.807) is 24.5 Å². The fraction of sp³-hybridized carbons (Fsp3) is 0.435. The molecular formula is C23H26FN3O2. The van der Waals surface area contributed by atoms with Crippen LogP contribution in [-0.4, -0.2) is 46.2 Å². The number of piperidine rings is 2. The Kier molecular flexibility index (Phi) is 5.60. The van der Waals surface area contributed by atoms with E-state index in [1.807, 2.05) is 21.9 Å². The second-order valence-electron chi connectivity index (χ2n) is 8.29. The fourth-order valence-electron chi connectivity index (χ4n) is 4.48. The van der Waals surface area contributed by atoms with E-state index in [1.165, 1.54) is 12.1 Å². The zero-order chi connectivity index (χ0) is 20.3. The summed E-state index contributed by atoms with van der Waals surface area (Å²) in [6, 6.07) is 10.1. The second kappa shape index (κ2) is 8.31. The lowest BCUT2D eigenvalue weighted by Gasteiger charge is -2.46. The molecule has 152 valence electrons. The fourth-order valence-corrected chi connectivity index (χ4v) is 4.48. The molecule has 2 fully saturated rings. The van der Waals surface area contributed by atoms with Crippen molar-refractivity contribution < 1.29 is 14.0 Å². The van der Waals surface area contributed by atoms with Gasteiger partial charge in [0.2, 0.25) is 11.8 Å². The van der Waals surface area contributed by atoms with Crippen molar-refractivity contribution in [3.05, 3.63) is 65.7 Å². The van der Waals surface area contributed by atoms with Crippen LogP contribution >= 0.6 is 0 Å². The van der Waals surface area contributed by atoms with Crippen molar-refractivity contribution in [2.24, 2.45) is 5.41 Å². The summed E-state index contributed by atoms with van der Waals surface area (Å²) in [6.07, 6.45) is 6.99. The van der Waals surface area contributed by atoms with Crippen molar-refractivity contribution in [2.75, 3.05) is 19.6 Å². The third-order valence-corrected chi connectivity index (χ3v) is 6.33. The summed E-state index contributed by atoms with van der Waals surface area (Å²) in [5.41, 5.74) is 1.82. The summed E-state index contributed by atoms with van der Waals surface area (Å²) in [5, 5.41) is 0. The van der Waals surface area contributed by atoms with Crippen molar-refractivity contribution in [3.63, 3.8) is 0 Å². The maximum Gasteiger partial charge on any atom is 0.226 e. The molecule has 1 aromatic heterocycles. The van der Waals surface area contributed by atoms with Crippen LogP contribution in [0.3, 0.4) is 0 Å². The van der Waals surface area contributed by atoms with Gasteiger partial charge < -0.3 is 9.80 Å². The molecule has 2 saturated heterocycles. The maximum atomic E-state index is 13.3. The Morgan fingerprint density at radius 3 is 2.45 bits per heavy atom. The number of pyridine rings is 1. The lowest BCUT2D eigenvalue weighted by atomic mass is 9.71. The topological polar surface area (TPSA) is 53.5 Å². The van der Waals surface area contributed by atoms with Gasteiger partial charge in [0, 0.05) is 45.0 Å².